The van der Waals surface area contributed by atoms with Crippen molar-refractivity contribution < 1.29 is 29.0 Å². The van der Waals surface area contributed by atoms with Crippen molar-refractivity contribution in [1.82, 2.24) is 15.1 Å². The Morgan fingerprint density at radius 2 is 1.82 bits per heavy atom. The molecule has 4 aliphatic rings. The summed E-state index contributed by atoms with van der Waals surface area (Å²) in [4.78, 5) is 45.7. The quantitative estimate of drug-likeness (QED) is 0.342. The summed E-state index contributed by atoms with van der Waals surface area (Å²) >= 11 is 0. The Bertz CT molecular complexity index is 1030. The number of para-hydroxylation sites is 1. The van der Waals surface area contributed by atoms with Crippen molar-refractivity contribution in [2.75, 3.05) is 57.9 Å². The SMILES string of the molecule is CC[C@]12CCC3(O1)C(C(=O)NCCN1CCOCC1)N(CCCCCO)C(=O)[C@@H]3[C@H]2C(=O)Nc1ccccc1. The molecular weight excluding hydrogens is 500 g/mol. The second-order valence-corrected chi connectivity index (χ2v) is 11.2. The number of morpholine rings is 1. The number of ether oxygens (including phenoxy) is 2. The Morgan fingerprint density at radius 1 is 1.05 bits per heavy atom. The molecule has 39 heavy (non-hydrogen) atoms. The minimum Gasteiger partial charge on any atom is -0.396 e. The van der Waals surface area contributed by atoms with E-state index >= 15 is 0 Å². The summed E-state index contributed by atoms with van der Waals surface area (Å²) in [6.45, 7) is 6.72. The van der Waals surface area contributed by atoms with E-state index in [1.54, 1.807) is 4.90 Å². The van der Waals surface area contributed by atoms with Gasteiger partial charge in [0.15, 0.2) is 0 Å². The fourth-order valence-electron chi connectivity index (χ4n) is 7.23. The minimum atomic E-state index is -1.02. The molecule has 1 aromatic carbocycles. The van der Waals surface area contributed by atoms with Crippen molar-refractivity contribution in [2.24, 2.45) is 11.8 Å². The number of unbranched alkanes of at least 4 members (excludes halogenated alkanes) is 2. The van der Waals surface area contributed by atoms with Crippen LogP contribution in [0.4, 0.5) is 5.69 Å². The Labute approximate surface area is 230 Å². The number of anilines is 1. The molecule has 3 N–H and O–H groups in total. The van der Waals surface area contributed by atoms with Gasteiger partial charge in [0.2, 0.25) is 17.7 Å². The number of hydrogen-bond donors (Lipinski definition) is 3. The first kappa shape index (κ1) is 28.0. The zero-order valence-electron chi connectivity index (χ0n) is 22.9. The highest BCUT2D eigenvalue weighted by molar-refractivity contribution is 6.02. The van der Waals surface area contributed by atoms with Gasteiger partial charge in [0.1, 0.15) is 11.6 Å². The van der Waals surface area contributed by atoms with Crippen LogP contribution in [0.3, 0.4) is 0 Å². The van der Waals surface area contributed by atoms with E-state index in [9.17, 15) is 19.5 Å². The van der Waals surface area contributed by atoms with Crippen molar-refractivity contribution in [2.45, 2.75) is 62.7 Å². The molecule has 1 spiro atoms. The number of likely N-dealkylation sites (tertiary alicyclic amines) is 1. The number of nitrogens with zero attached hydrogens (tertiary/aromatic N) is 2. The van der Waals surface area contributed by atoms with E-state index in [1.807, 2.05) is 37.3 Å². The lowest BCUT2D eigenvalue weighted by atomic mass is 9.65. The van der Waals surface area contributed by atoms with E-state index < -0.39 is 29.1 Å². The summed E-state index contributed by atoms with van der Waals surface area (Å²) in [5, 5.41) is 15.3. The van der Waals surface area contributed by atoms with Crippen LogP contribution in [0.5, 0.6) is 0 Å². The zero-order chi connectivity index (χ0) is 27.5. The van der Waals surface area contributed by atoms with Gasteiger partial charge in [-0.1, -0.05) is 25.1 Å². The summed E-state index contributed by atoms with van der Waals surface area (Å²) in [5.41, 5.74) is -1.12. The molecule has 2 unspecified atom stereocenters. The normalized spacial score (nSPS) is 31.9. The fraction of sp³-hybridized carbons (Fsp3) is 0.690. The molecule has 214 valence electrons. The average Bonchev–Trinajstić information content (AvgIpc) is 3.56. The lowest BCUT2D eigenvalue weighted by Crippen LogP contribution is -2.56. The number of carbonyl (C=O) groups is 3. The van der Waals surface area contributed by atoms with E-state index in [0.29, 0.717) is 70.6 Å². The van der Waals surface area contributed by atoms with Crippen LogP contribution in [-0.4, -0.2) is 102 Å². The molecule has 0 aliphatic carbocycles. The van der Waals surface area contributed by atoms with Crippen LogP contribution >= 0.6 is 0 Å². The Hall–Kier alpha value is -2.53. The molecule has 4 fully saturated rings. The van der Waals surface area contributed by atoms with E-state index in [4.69, 9.17) is 9.47 Å². The standard InChI is InChI=1S/C29H42N4O6/c1-2-28-11-12-29(39-28)23(22(28)25(35)31-21-9-5-3-6-10-21)27(37)33(14-7-4-8-18-34)24(29)26(36)30-13-15-32-16-19-38-20-17-32/h3,5-6,9-10,22-24,34H,2,4,7-8,11-20H2,1H3,(H,30,36)(H,31,35)/t22-,23-,24?,28+,29?/m0/s1. The van der Waals surface area contributed by atoms with Crippen molar-refractivity contribution in [3.05, 3.63) is 30.3 Å². The number of benzene rings is 1. The molecule has 0 saturated carbocycles. The number of amides is 3. The van der Waals surface area contributed by atoms with Crippen molar-refractivity contribution in [3.8, 4) is 0 Å². The number of fused-ring (bicyclic) bond motifs is 1. The first-order valence-corrected chi connectivity index (χ1v) is 14.5. The summed E-state index contributed by atoms with van der Waals surface area (Å²) in [7, 11) is 0. The van der Waals surface area contributed by atoms with Crippen LogP contribution < -0.4 is 10.6 Å². The molecule has 4 heterocycles. The molecule has 10 nitrogen and oxygen atoms in total. The van der Waals surface area contributed by atoms with Gasteiger partial charge in [-0.25, -0.2) is 0 Å². The van der Waals surface area contributed by atoms with Crippen molar-refractivity contribution >= 4 is 23.4 Å². The maximum atomic E-state index is 14.1. The first-order valence-electron chi connectivity index (χ1n) is 14.5. The molecule has 3 amide bonds. The van der Waals surface area contributed by atoms with Gasteiger partial charge in [0.25, 0.3) is 0 Å². The molecule has 0 radical (unpaired) electrons. The molecular formula is C29H42N4O6. The first-order chi connectivity index (χ1) is 19.0. The van der Waals surface area contributed by atoms with Gasteiger partial charge in [0, 0.05) is 45.0 Å². The van der Waals surface area contributed by atoms with Crippen LogP contribution in [0, 0.1) is 11.8 Å². The third kappa shape index (κ3) is 5.19. The zero-order valence-corrected chi connectivity index (χ0v) is 22.9. The maximum Gasteiger partial charge on any atom is 0.245 e. The second-order valence-electron chi connectivity index (χ2n) is 11.2. The Morgan fingerprint density at radius 3 is 2.54 bits per heavy atom. The Balaban J connectivity index is 1.39. The molecule has 1 aromatic rings. The fourth-order valence-corrected chi connectivity index (χ4v) is 7.23. The highest BCUT2D eigenvalue weighted by Crippen LogP contribution is 2.64. The molecule has 5 rings (SSSR count). The lowest BCUT2D eigenvalue weighted by Gasteiger charge is -2.34. The average molecular weight is 543 g/mol. The summed E-state index contributed by atoms with van der Waals surface area (Å²) < 4.78 is 12.2. The van der Waals surface area contributed by atoms with Crippen LogP contribution in [0.2, 0.25) is 0 Å². The topological polar surface area (TPSA) is 120 Å². The highest BCUT2D eigenvalue weighted by atomic mass is 16.5. The van der Waals surface area contributed by atoms with Crippen LogP contribution in [-0.2, 0) is 23.9 Å². The second kappa shape index (κ2) is 11.9. The van der Waals surface area contributed by atoms with Crippen molar-refractivity contribution in [1.29, 1.82) is 0 Å². The van der Waals surface area contributed by atoms with Crippen LogP contribution in [0.1, 0.15) is 45.4 Å². The smallest absolute Gasteiger partial charge is 0.245 e. The summed E-state index contributed by atoms with van der Waals surface area (Å²) in [6, 6.07) is 8.48. The molecule has 2 bridgehead atoms. The predicted octanol–water partition coefficient (Wildman–Crippen LogP) is 1.39. The molecule has 4 saturated heterocycles. The number of carbonyl (C=O) groups excluding carboxylic acids is 3. The number of aliphatic hydroxyl groups excluding tert-OH is 1. The van der Waals surface area contributed by atoms with Gasteiger partial charge in [-0.2, -0.15) is 0 Å². The number of hydrogen-bond acceptors (Lipinski definition) is 7. The highest BCUT2D eigenvalue weighted by Gasteiger charge is 2.78. The van der Waals surface area contributed by atoms with E-state index in [0.717, 1.165) is 19.5 Å². The monoisotopic (exact) mass is 542 g/mol. The predicted molar refractivity (Wildman–Crippen MR) is 145 cm³/mol. The van der Waals surface area contributed by atoms with E-state index in [1.165, 1.54) is 0 Å². The van der Waals surface area contributed by atoms with Gasteiger partial charge < -0.3 is 30.1 Å². The van der Waals surface area contributed by atoms with Gasteiger partial charge >= 0.3 is 0 Å². The van der Waals surface area contributed by atoms with E-state index in [2.05, 4.69) is 15.5 Å². The van der Waals surface area contributed by atoms with Crippen molar-refractivity contribution in [3.63, 3.8) is 0 Å². The molecule has 0 aromatic heterocycles. The largest absolute Gasteiger partial charge is 0.396 e. The van der Waals surface area contributed by atoms with Crippen LogP contribution in [0.15, 0.2) is 30.3 Å². The third-order valence-electron chi connectivity index (χ3n) is 9.14. The number of nitrogens with one attached hydrogen (secondary N) is 2. The van der Waals surface area contributed by atoms with Gasteiger partial charge in [-0.3, -0.25) is 19.3 Å². The summed E-state index contributed by atoms with van der Waals surface area (Å²) in [6.07, 6.45) is 3.86. The lowest BCUT2D eigenvalue weighted by molar-refractivity contribution is -0.146. The molecule has 10 heteroatoms. The molecule has 4 aliphatic heterocycles. The Kier molecular flexibility index (Phi) is 8.56. The number of rotatable bonds is 12. The van der Waals surface area contributed by atoms with Gasteiger partial charge in [-0.15, -0.1) is 0 Å². The summed E-state index contributed by atoms with van der Waals surface area (Å²) in [5.74, 6) is -1.98. The number of aliphatic hydroxyl groups is 1. The minimum absolute atomic E-state index is 0.0931. The van der Waals surface area contributed by atoms with Crippen LogP contribution in [0.25, 0.3) is 0 Å². The van der Waals surface area contributed by atoms with Gasteiger partial charge in [-0.05, 0) is 50.7 Å². The van der Waals surface area contributed by atoms with E-state index in [-0.39, 0.29) is 24.3 Å². The maximum absolute atomic E-state index is 14.1. The molecule has 5 atom stereocenters. The van der Waals surface area contributed by atoms with Gasteiger partial charge in [0.05, 0.1) is 30.7 Å². The third-order valence-corrected chi connectivity index (χ3v) is 9.14.